The molecule has 32 heavy (non-hydrogen) atoms. The molecule has 1 saturated carbocycles. The van der Waals surface area contributed by atoms with E-state index < -0.39 is 21.9 Å². The molecule has 2 heterocycles. The number of ether oxygens (including phenoxy) is 1. The predicted molar refractivity (Wildman–Crippen MR) is 116 cm³/mol. The smallest absolute Gasteiger partial charge is 0.324 e. The van der Waals surface area contributed by atoms with Crippen LogP contribution in [0.15, 0.2) is 24.5 Å². The second kappa shape index (κ2) is 9.27. The summed E-state index contributed by atoms with van der Waals surface area (Å²) < 4.78 is 47.7. The Hall–Kier alpha value is -2.95. The standard InChI is InChI=1S/C21H25FN4O5S/c22-17-7-6-15-16(20(17)31-13-14-4-5-14)10-23-11-18(15)25-32(29,30)9-3-1-2-8-26-12-19(27)24-21(26)28/h6-7,10-11,14,25H,1-5,8-9,12-13H2,(H,24,27,28). The number of nitrogens with zero attached hydrogens (tertiary/aromatic N) is 2. The van der Waals surface area contributed by atoms with E-state index in [-0.39, 0.29) is 29.6 Å². The summed E-state index contributed by atoms with van der Waals surface area (Å²) in [4.78, 5) is 28.1. The van der Waals surface area contributed by atoms with Gasteiger partial charge in [0, 0.05) is 23.5 Å². The lowest BCUT2D eigenvalue weighted by molar-refractivity contribution is -0.118. The van der Waals surface area contributed by atoms with E-state index in [1.807, 2.05) is 0 Å². The Morgan fingerprint density at radius 1 is 1.16 bits per heavy atom. The molecule has 172 valence electrons. The van der Waals surface area contributed by atoms with Crippen molar-refractivity contribution in [3.05, 3.63) is 30.3 Å². The number of carbonyl (C=O) groups is 2. The largest absolute Gasteiger partial charge is 0.490 e. The summed E-state index contributed by atoms with van der Waals surface area (Å²) in [6.45, 7) is 0.868. The molecule has 11 heteroatoms. The van der Waals surface area contributed by atoms with Crippen LogP contribution in [0.2, 0.25) is 0 Å². The Morgan fingerprint density at radius 2 is 1.97 bits per heavy atom. The van der Waals surface area contributed by atoms with E-state index in [2.05, 4.69) is 15.0 Å². The first-order valence-electron chi connectivity index (χ1n) is 10.6. The van der Waals surface area contributed by atoms with Gasteiger partial charge in [0.15, 0.2) is 11.6 Å². The van der Waals surface area contributed by atoms with E-state index >= 15 is 0 Å². The summed E-state index contributed by atoms with van der Waals surface area (Å²) in [6, 6.07) is 2.36. The van der Waals surface area contributed by atoms with Crippen LogP contribution in [0, 0.1) is 11.7 Å². The van der Waals surface area contributed by atoms with Gasteiger partial charge in [-0.15, -0.1) is 0 Å². The Labute approximate surface area is 185 Å². The number of sulfonamides is 1. The number of nitrogens with one attached hydrogen (secondary N) is 2. The van der Waals surface area contributed by atoms with Gasteiger partial charge in [0.1, 0.15) is 6.54 Å². The number of fused-ring (bicyclic) bond motifs is 1. The van der Waals surface area contributed by atoms with Crippen molar-refractivity contribution in [3.63, 3.8) is 0 Å². The van der Waals surface area contributed by atoms with Crippen LogP contribution >= 0.6 is 0 Å². The van der Waals surface area contributed by atoms with Gasteiger partial charge in [-0.2, -0.15) is 0 Å². The van der Waals surface area contributed by atoms with Crippen molar-refractivity contribution in [2.24, 2.45) is 5.92 Å². The SMILES string of the molecule is O=C1CN(CCCCCS(=O)(=O)Nc2cncc3c(OCC4CC4)c(F)ccc23)C(=O)N1. The van der Waals surface area contributed by atoms with Gasteiger partial charge in [-0.1, -0.05) is 6.42 Å². The number of carbonyl (C=O) groups excluding carboxylic acids is 2. The first kappa shape index (κ1) is 22.3. The first-order valence-corrected chi connectivity index (χ1v) is 12.3. The molecule has 0 unspecified atom stereocenters. The van der Waals surface area contributed by atoms with Crippen LogP contribution in [0.5, 0.6) is 5.75 Å². The molecule has 1 aromatic carbocycles. The summed E-state index contributed by atoms with van der Waals surface area (Å²) in [7, 11) is -3.66. The number of hydrogen-bond donors (Lipinski definition) is 2. The van der Waals surface area contributed by atoms with Gasteiger partial charge in [-0.25, -0.2) is 17.6 Å². The third kappa shape index (κ3) is 5.45. The Balaban J connectivity index is 1.35. The average Bonchev–Trinajstić information content (AvgIpc) is 3.50. The number of urea groups is 1. The number of imide groups is 1. The number of rotatable bonds is 11. The minimum atomic E-state index is -3.66. The van der Waals surface area contributed by atoms with Crippen LogP contribution in [-0.4, -0.2) is 55.7 Å². The molecular formula is C21H25FN4O5S. The molecule has 4 rings (SSSR count). The highest BCUT2D eigenvalue weighted by Crippen LogP contribution is 2.35. The molecule has 1 aliphatic carbocycles. The topological polar surface area (TPSA) is 118 Å². The van der Waals surface area contributed by atoms with Gasteiger partial charge in [0.05, 0.1) is 24.2 Å². The quantitative estimate of drug-likeness (QED) is 0.390. The summed E-state index contributed by atoms with van der Waals surface area (Å²) in [5, 5.41) is 3.14. The minimum Gasteiger partial charge on any atom is -0.490 e. The third-order valence-electron chi connectivity index (χ3n) is 5.48. The molecular weight excluding hydrogens is 439 g/mol. The molecule has 2 fully saturated rings. The van der Waals surface area contributed by atoms with Crippen LogP contribution in [0.1, 0.15) is 32.1 Å². The van der Waals surface area contributed by atoms with Crippen LogP contribution in [0.3, 0.4) is 0 Å². The van der Waals surface area contributed by atoms with Crippen molar-refractivity contribution in [1.29, 1.82) is 0 Å². The van der Waals surface area contributed by atoms with E-state index in [0.29, 0.717) is 49.1 Å². The van der Waals surface area contributed by atoms with E-state index in [9.17, 15) is 22.4 Å². The Kier molecular flexibility index (Phi) is 6.45. The molecule has 0 radical (unpaired) electrons. The fourth-order valence-corrected chi connectivity index (χ4v) is 4.74. The molecule has 1 aliphatic heterocycles. The van der Waals surface area contributed by atoms with Crippen molar-refractivity contribution >= 4 is 38.4 Å². The predicted octanol–water partition coefficient (Wildman–Crippen LogP) is 2.63. The van der Waals surface area contributed by atoms with Crippen molar-refractivity contribution in [2.75, 3.05) is 30.2 Å². The lowest BCUT2D eigenvalue weighted by atomic mass is 10.1. The fraction of sp³-hybridized carbons (Fsp3) is 0.476. The summed E-state index contributed by atoms with van der Waals surface area (Å²) >= 11 is 0. The molecule has 2 aromatic rings. The highest BCUT2D eigenvalue weighted by molar-refractivity contribution is 7.92. The first-order chi connectivity index (χ1) is 15.3. The van der Waals surface area contributed by atoms with E-state index in [4.69, 9.17) is 4.74 Å². The zero-order valence-corrected chi connectivity index (χ0v) is 18.3. The van der Waals surface area contributed by atoms with Gasteiger partial charge >= 0.3 is 6.03 Å². The maximum Gasteiger partial charge on any atom is 0.324 e. The van der Waals surface area contributed by atoms with Crippen molar-refractivity contribution in [1.82, 2.24) is 15.2 Å². The van der Waals surface area contributed by atoms with Crippen molar-refractivity contribution in [3.8, 4) is 5.75 Å². The van der Waals surface area contributed by atoms with Crippen LogP contribution in [0.25, 0.3) is 10.8 Å². The zero-order valence-electron chi connectivity index (χ0n) is 17.5. The number of halogens is 1. The number of aromatic nitrogens is 1. The molecule has 2 N–H and O–H groups in total. The zero-order chi connectivity index (χ0) is 22.7. The van der Waals surface area contributed by atoms with Crippen LogP contribution in [-0.2, 0) is 14.8 Å². The molecule has 3 amide bonds. The Bertz CT molecular complexity index is 1140. The monoisotopic (exact) mass is 464 g/mol. The third-order valence-corrected chi connectivity index (χ3v) is 6.84. The second-order valence-electron chi connectivity index (χ2n) is 8.17. The molecule has 0 spiro atoms. The summed E-state index contributed by atoms with van der Waals surface area (Å²) in [5.41, 5.74) is 0.269. The molecule has 2 aliphatic rings. The fourth-order valence-electron chi connectivity index (χ4n) is 3.56. The number of anilines is 1. The number of unbranched alkanes of at least 4 members (excludes halogenated alkanes) is 2. The average molecular weight is 465 g/mol. The number of benzene rings is 1. The second-order valence-corrected chi connectivity index (χ2v) is 10.0. The van der Waals surface area contributed by atoms with Gasteiger partial charge < -0.3 is 9.64 Å². The lowest BCUT2D eigenvalue weighted by Crippen LogP contribution is -2.29. The summed E-state index contributed by atoms with van der Waals surface area (Å²) in [6.07, 6.45) is 6.56. The van der Waals surface area contributed by atoms with Crippen LogP contribution < -0.4 is 14.8 Å². The maximum atomic E-state index is 14.3. The molecule has 0 atom stereocenters. The highest BCUT2D eigenvalue weighted by Gasteiger charge is 2.26. The molecule has 1 saturated heterocycles. The van der Waals surface area contributed by atoms with E-state index in [1.165, 1.54) is 29.4 Å². The van der Waals surface area contributed by atoms with Crippen LogP contribution in [0.4, 0.5) is 14.9 Å². The summed E-state index contributed by atoms with van der Waals surface area (Å²) in [5.74, 6) is -0.410. The highest BCUT2D eigenvalue weighted by atomic mass is 32.2. The van der Waals surface area contributed by atoms with E-state index in [0.717, 1.165) is 12.8 Å². The van der Waals surface area contributed by atoms with Crippen molar-refractivity contribution < 1.29 is 27.1 Å². The normalized spacial score (nSPS) is 16.5. The lowest BCUT2D eigenvalue weighted by Gasteiger charge is -2.14. The minimum absolute atomic E-state index is 0.0414. The Morgan fingerprint density at radius 3 is 2.69 bits per heavy atom. The van der Waals surface area contributed by atoms with Crippen molar-refractivity contribution in [2.45, 2.75) is 32.1 Å². The van der Waals surface area contributed by atoms with E-state index in [1.54, 1.807) is 0 Å². The van der Waals surface area contributed by atoms with Gasteiger partial charge in [-0.3, -0.25) is 19.8 Å². The molecule has 1 aromatic heterocycles. The van der Waals surface area contributed by atoms with Gasteiger partial charge in [0.25, 0.3) is 0 Å². The van der Waals surface area contributed by atoms with Gasteiger partial charge in [0.2, 0.25) is 15.9 Å². The molecule has 0 bridgehead atoms. The maximum absolute atomic E-state index is 14.3. The number of amides is 3. The van der Waals surface area contributed by atoms with Gasteiger partial charge in [-0.05, 0) is 43.7 Å². The number of hydrogen-bond acceptors (Lipinski definition) is 6. The number of pyridine rings is 1. The molecule has 9 nitrogen and oxygen atoms in total.